The molecule has 0 unspecified atom stereocenters. The van der Waals surface area contributed by atoms with Crippen molar-refractivity contribution in [2.45, 2.75) is 0 Å². The van der Waals surface area contributed by atoms with Crippen molar-refractivity contribution in [3.63, 3.8) is 0 Å². The number of hydrogen-bond acceptors (Lipinski definition) is 4. The van der Waals surface area contributed by atoms with Crippen LogP contribution in [0.3, 0.4) is 0 Å². The van der Waals surface area contributed by atoms with E-state index in [2.05, 4.69) is 84.2 Å². The highest BCUT2D eigenvalue weighted by atomic mass is 79.9. The Morgan fingerprint density at radius 3 is 1.22 bits per heavy atom. The Balaban J connectivity index is 0.000000142. The highest BCUT2D eigenvalue weighted by Crippen LogP contribution is 2.40. The summed E-state index contributed by atoms with van der Waals surface area (Å²) in [6.45, 7) is 0. The summed E-state index contributed by atoms with van der Waals surface area (Å²) >= 11 is 10.7. The van der Waals surface area contributed by atoms with Crippen molar-refractivity contribution in [3.8, 4) is 11.1 Å². The minimum Gasteiger partial charge on any atom is -0.456 e. The van der Waals surface area contributed by atoms with Gasteiger partial charge in [0.05, 0.1) is 0 Å². The largest absolute Gasteiger partial charge is 0.488 e. The second kappa shape index (κ2) is 14.6. The van der Waals surface area contributed by atoms with Gasteiger partial charge < -0.3 is 18.9 Å². The van der Waals surface area contributed by atoms with Crippen LogP contribution < -0.4 is 5.46 Å². The third-order valence-corrected chi connectivity index (χ3v) is 9.06. The van der Waals surface area contributed by atoms with E-state index in [0.29, 0.717) is 5.46 Å². The molecule has 45 heavy (non-hydrogen) atoms. The summed E-state index contributed by atoms with van der Waals surface area (Å²) in [6.07, 6.45) is 0. The first-order chi connectivity index (χ1) is 21.4. The maximum Gasteiger partial charge on any atom is 0.488 e. The molecule has 224 valence electrons. The maximum absolute atomic E-state index is 8.58. The lowest BCUT2D eigenvalue weighted by molar-refractivity contribution is 0.426. The van der Waals surface area contributed by atoms with Crippen LogP contribution in [0.25, 0.3) is 55.0 Å². The fraction of sp³-hybridized carbons (Fsp3) is 0. The van der Waals surface area contributed by atoms with Gasteiger partial charge in [0.1, 0.15) is 22.3 Å². The first kappa shape index (κ1) is 32.7. The van der Waals surface area contributed by atoms with Gasteiger partial charge in [0.25, 0.3) is 0 Å². The molecule has 8 rings (SSSR count). The molecule has 2 aromatic heterocycles. The molecule has 0 bridgehead atoms. The topological polar surface area (TPSA) is 66.7 Å². The van der Waals surface area contributed by atoms with Crippen LogP contribution in [0.4, 0.5) is 4.70 Å². The third-order valence-electron chi connectivity index (χ3n) is 7.07. The average molecular weight is 791 g/mol. The van der Waals surface area contributed by atoms with Crippen molar-refractivity contribution in [2.24, 2.45) is 0 Å². The van der Waals surface area contributed by atoms with Gasteiger partial charge in [-0.3, -0.25) is 4.70 Å². The fourth-order valence-corrected chi connectivity index (χ4v) is 6.73. The van der Waals surface area contributed by atoms with Gasteiger partial charge in [-0.1, -0.05) is 139 Å². The number of hydrogen-bond donors (Lipinski definition) is 2. The van der Waals surface area contributed by atoms with Crippen LogP contribution in [-0.4, -0.2) is 17.2 Å². The molecular formula is C36H25BBr3FO4. The number of halogens is 4. The van der Waals surface area contributed by atoms with Gasteiger partial charge in [-0.2, -0.15) is 0 Å². The van der Waals surface area contributed by atoms with Crippen LogP contribution in [0.2, 0.25) is 0 Å². The lowest BCUT2D eigenvalue weighted by Gasteiger charge is -2.03. The lowest BCUT2D eigenvalue weighted by atomic mass is 9.81. The number of rotatable bonds is 2. The van der Waals surface area contributed by atoms with Gasteiger partial charge in [-0.15, -0.1) is 0 Å². The first-order valence-electron chi connectivity index (χ1n) is 13.7. The summed E-state index contributed by atoms with van der Waals surface area (Å²) in [5.74, 6) is 0. The molecular weight excluding hydrogens is 766 g/mol. The SMILES string of the molecule is Brc1cccc2oc3cccc(-c4ccccc4)c3c12.Brc1cccc2oc3cccc(Br)c3c12.F.OB(O)c1ccccc1. The summed E-state index contributed by atoms with van der Waals surface area (Å²) in [5, 5.41) is 21.7. The molecule has 2 heterocycles. The smallest absolute Gasteiger partial charge is 0.456 e. The highest BCUT2D eigenvalue weighted by Gasteiger charge is 2.14. The number of fused-ring (bicyclic) bond motifs is 6. The molecule has 0 saturated heterocycles. The van der Waals surface area contributed by atoms with Crippen molar-refractivity contribution < 1.29 is 23.6 Å². The maximum atomic E-state index is 8.58. The molecule has 0 atom stereocenters. The first-order valence-corrected chi connectivity index (χ1v) is 16.1. The Morgan fingerprint density at radius 1 is 0.422 bits per heavy atom. The van der Waals surface area contributed by atoms with E-state index in [1.165, 1.54) is 16.5 Å². The molecule has 0 radical (unpaired) electrons. The quantitative estimate of drug-likeness (QED) is 0.171. The number of furan rings is 2. The van der Waals surface area contributed by atoms with Crippen molar-refractivity contribution in [1.82, 2.24) is 0 Å². The van der Waals surface area contributed by atoms with Gasteiger partial charge in [0.15, 0.2) is 0 Å². The van der Waals surface area contributed by atoms with Crippen molar-refractivity contribution in [3.05, 3.63) is 147 Å². The summed E-state index contributed by atoms with van der Waals surface area (Å²) in [6, 6.07) is 43.3. The van der Waals surface area contributed by atoms with Gasteiger partial charge in [0, 0.05) is 35.0 Å². The van der Waals surface area contributed by atoms with Crippen molar-refractivity contribution >= 4 is 104 Å². The van der Waals surface area contributed by atoms with Crippen LogP contribution >= 0.6 is 47.8 Å². The molecule has 9 heteroatoms. The third kappa shape index (κ3) is 6.93. The second-order valence-electron chi connectivity index (χ2n) is 9.87. The Bertz CT molecular complexity index is 2140. The van der Waals surface area contributed by atoms with Crippen LogP contribution in [0.15, 0.2) is 156 Å². The van der Waals surface area contributed by atoms with E-state index in [1.54, 1.807) is 24.3 Å². The van der Waals surface area contributed by atoms with E-state index in [4.69, 9.17) is 18.9 Å². The zero-order valence-corrected chi connectivity index (χ0v) is 28.3. The van der Waals surface area contributed by atoms with E-state index >= 15 is 0 Å². The van der Waals surface area contributed by atoms with E-state index < -0.39 is 7.12 Å². The van der Waals surface area contributed by atoms with E-state index in [0.717, 1.165) is 51.9 Å². The van der Waals surface area contributed by atoms with E-state index in [9.17, 15) is 0 Å². The lowest BCUT2D eigenvalue weighted by Crippen LogP contribution is -2.29. The Morgan fingerprint density at radius 2 is 0.800 bits per heavy atom. The normalized spacial score (nSPS) is 10.6. The van der Waals surface area contributed by atoms with Crippen molar-refractivity contribution in [1.29, 1.82) is 0 Å². The van der Waals surface area contributed by atoms with Gasteiger partial charge in [0.2, 0.25) is 0 Å². The Labute approximate surface area is 284 Å². The molecule has 0 amide bonds. The molecule has 6 aromatic carbocycles. The average Bonchev–Trinajstić information content (AvgIpc) is 3.63. The molecule has 4 nitrogen and oxygen atoms in total. The monoisotopic (exact) mass is 788 g/mol. The van der Waals surface area contributed by atoms with Crippen LogP contribution in [0, 0.1) is 0 Å². The summed E-state index contributed by atoms with van der Waals surface area (Å²) in [7, 11) is -1.34. The standard InChI is InChI=1S/C18H11BrO.C12H6Br2O.C6H7BO2.FH/c19-14-9-5-11-16-18(14)17-13(8-4-10-15(17)20-16)12-6-2-1-3-7-12;13-7-3-1-5-9-11(7)12-8(14)4-2-6-10(12)15-9;8-7(9)6-4-2-1-3-5-6;/h1-11H;1-6H;1-5,8-9H;1H. The van der Waals surface area contributed by atoms with Gasteiger partial charge in [-0.25, -0.2) is 0 Å². The van der Waals surface area contributed by atoms with Crippen molar-refractivity contribution in [2.75, 3.05) is 0 Å². The molecule has 0 aliphatic heterocycles. The van der Waals surface area contributed by atoms with Gasteiger partial charge >= 0.3 is 7.12 Å². The Kier molecular flexibility index (Phi) is 10.6. The van der Waals surface area contributed by atoms with E-state index in [-0.39, 0.29) is 4.70 Å². The molecule has 0 aliphatic rings. The fourth-order valence-electron chi connectivity index (χ4n) is 5.09. The molecule has 8 aromatic rings. The zero-order chi connectivity index (χ0) is 30.6. The highest BCUT2D eigenvalue weighted by molar-refractivity contribution is 9.11. The minimum absolute atomic E-state index is 0. The molecule has 2 N–H and O–H groups in total. The predicted molar refractivity (Wildman–Crippen MR) is 195 cm³/mol. The molecule has 0 saturated carbocycles. The van der Waals surface area contributed by atoms with Crippen LogP contribution in [-0.2, 0) is 0 Å². The zero-order valence-electron chi connectivity index (χ0n) is 23.5. The Hall–Kier alpha value is -3.73. The summed E-state index contributed by atoms with van der Waals surface area (Å²) < 4.78 is 14.9. The number of benzene rings is 6. The van der Waals surface area contributed by atoms with E-state index in [1.807, 2.05) is 72.8 Å². The van der Waals surface area contributed by atoms with Gasteiger partial charge in [-0.05, 0) is 59.1 Å². The molecule has 0 aliphatic carbocycles. The summed E-state index contributed by atoms with van der Waals surface area (Å²) in [4.78, 5) is 0. The predicted octanol–water partition coefficient (Wildman–Crippen LogP) is 10.6. The van der Waals surface area contributed by atoms with Crippen LogP contribution in [0.1, 0.15) is 0 Å². The summed E-state index contributed by atoms with van der Waals surface area (Å²) in [5.41, 5.74) is 6.59. The second-order valence-corrected chi connectivity index (χ2v) is 12.4. The minimum atomic E-state index is -1.34. The van der Waals surface area contributed by atoms with Crippen LogP contribution in [0.5, 0.6) is 0 Å². The molecule has 0 spiro atoms. The molecule has 0 fully saturated rings.